The van der Waals surface area contributed by atoms with Crippen molar-refractivity contribution in [1.82, 2.24) is 9.55 Å². The lowest BCUT2D eigenvalue weighted by atomic mass is 10.1. The second-order valence-corrected chi connectivity index (χ2v) is 5.49. The summed E-state index contributed by atoms with van der Waals surface area (Å²) in [5, 5.41) is 18.4. The van der Waals surface area contributed by atoms with Gasteiger partial charge in [0.25, 0.3) is 0 Å². The molecule has 26 heavy (non-hydrogen) atoms. The Morgan fingerprint density at radius 1 is 1.35 bits per heavy atom. The lowest BCUT2D eigenvalue weighted by molar-refractivity contribution is 0.0694. The van der Waals surface area contributed by atoms with Crippen molar-refractivity contribution in [2.45, 2.75) is 40.7 Å². The molecule has 2 aromatic rings. The molecule has 0 unspecified atom stereocenters. The first-order chi connectivity index (χ1) is 12.4. The number of aromatic hydroxyl groups is 1. The van der Waals surface area contributed by atoms with E-state index < -0.39 is 11.4 Å². The highest BCUT2D eigenvalue weighted by atomic mass is 35.5. The molecule has 0 amide bonds. The first-order valence-corrected chi connectivity index (χ1v) is 8.77. The molecule has 0 fully saturated rings. The predicted molar refractivity (Wildman–Crippen MR) is 100 cm³/mol. The molecule has 0 aromatic carbocycles. The van der Waals surface area contributed by atoms with Gasteiger partial charge in [0.15, 0.2) is 22.1 Å². The van der Waals surface area contributed by atoms with Crippen LogP contribution in [0, 0.1) is 0 Å². The SMILES string of the molecule is CC.CCC.O=C(O)c1cn2c(cc1=O)-c1nc(Cl)c(O)cc1OCC2. The van der Waals surface area contributed by atoms with Crippen molar-refractivity contribution in [3.63, 3.8) is 0 Å². The smallest absolute Gasteiger partial charge is 0.341 e. The molecule has 0 aliphatic carbocycles. The Morgan fingerprint density at radius 3 is 2.54 bits per heavy atom. The maximum Gasteiger partial charge on any atom is 0.341 e. The van der Waals surface area contributed by atoms with Gasteiger partial charge in [0.1, 0.15) is 17.9 Å². The van der Waals surface area contributed by atoms with Crippen LogP contribution >= 0.6 is 11.6 Å². The molecule has 2 N–H and O–H groups in total. The highest BCUT2D eigenvalue weighted by Gasteiger charge is 2.21. The van der Waals surface area contributed by atoms with Gasteiger partial charge in [-0.25, -0.2) is 9.78 Å². The molecule has 0 saturated heterocycles. The molecule has 0 atom stereocenters. The van der Waals surface area contributed by atoms with Crippen molar-refractivity contribution < 1.29 is 19.7 Å². The van der Waals surface area contributed by atoms with Gasteiger partial charge < -0.3 is 19.5 Å². The Morgan fingerprint density at radius 2 is 1.96 bits per heavy atom. The fraction of sp³-hybridized carbons (Fsp3) is 0.389. The molecule has 0 bridgehead atoms. The number of carbonyl (C=O) groups is 1. The van der Waals surface area contributed by atoms with E-state index in [9.17, 15) is 14.7 Å². The zero-order valence-corrected chi connectivity index (χ0v) is 16.0. The number of carboxylic acid groups (broad SMARTS) is 1. The summed E-state index contributed by atoms with van der Waals surface area (Å²) in [6.45, 7) is 8.83. The summed E-state index contributed by atoms with van der Waals surface area (Å²) in [6, 6.07) is 2.49. The van der Waals surface area contributed by atoms with Crippen LogP contribution in [-0.2, 0) is 6.54 Å². The van der Waals surface area contributed by atoms with Crippen molar-refractivity contribution >= 4 is 17.6 Å². The van der Waals surface area contributed by atoms with E-state index in [4.69, 9.17) is 21.4 Å². The number of aromatic nitrogens is 2. The third-order valence-electron chi connectivity index (χ3n) is 3.11. The Balaban J connectivity index is 0.000000615. The molecule has 7 nitrogen and oxygen atoms in total. The van der Waals surface area contributed by atoms with Crippen LogP contribution < -0.4 is 10.2 Å². The summed E-state index contributed by atoms with van der Waals surface area (Å²) in [6.07, 6.45) is 2.50. The molecule has 2 aromatic heterocycles. The van der Waals surface area contributed by atoms with Gasteiger partial charge in [-0.05, 0) is 0 Å². The maximum atomic E-state index is 11.9. The molecule has 0 saturated carbocycles. The minimum atomic E-state index is -1.29. The molecule has 142 valence electrons. The highest BCUT2D eigenvalue weighted by molar-refractivity contribution is 6.31. The number of aromatic carboxylic acids is 1. The van der Waals surface area contributed by atoms with Crippen molar-refractivity contribution in [1.29, 1.82) is 0 Å². The zero-order valence-electron chi connectivity index (χ0n) is 15.2. The van der Waals surface area contributed by atoms with E-state index in [2.05, 4.69) is 18.8 Å². The minimum Gasteiger partial charge on any atom is -0.505 e. The average molecular weight is 383 g/mol. The molecule has 1 aliphatic rings. The van der Waals surface area contributed by atoms with Crippen LogP contribution in [0.4, 0.5) is 0 Å². The maximum absolute atomic E-state index is 11.9. The fourth-order valence-corrected chi connectivity index (χ4v) is 2.27. The largest absolute Gasteiger partial charge is 0.505 e. The van der Waals surface area contributed by atoms with Crippen LogP contribution in [0.5, 0.6) is 11.5 Å². The number of carboxylic acids is 1. The summed E-state index contributed by atoms with van der Waals surface area (Å²) < 4.78 is 7.02. The molecule has 1 aliphatic heterocycles. The normalized spacial score (nSPS) is 11.3. The standard InChI is InChI=1S/C13H9ClN2O5.C3H8.C2H6/c14-12-9(18)4-10-11(15-12)7-3-8(17)6(13(19)20)5-16(7)1-2-21-10;1-3-2;1-2/h3-5,18H,1-2H2,(H,19,20);3H2,1-2H3;1-2H3. The molecule has 3 rings (SSSR count). The van der Waals surface area contributed by atoms with E-state index >= 15 is 0 Å². The van der Waals surface area contributed by atoms with Gasteiger partial charge in [0.2, 0.25) is 0 Å². The number of pyridine rings is 2. The van der Waals surface area contributed by atoms with Crippen LogP contribution in [0.1, 0.15) is 44.5 Å². The molecular weight excluding hydrogens is 360 g/mol. The predicted octanol–water partition coefficient (Wildman–Crippen LogP) is 3.80. The number of ether oxygens (including phenoxy) is 1. The Kier molecular flexibility index (Phi) is 8.12. The monoisotopic (exact) mass is 382 g/mol. The van der Waals surface area contributed by atoms with Crippen molar-refractivity contribution in [3.05, 3.63) is 39.3 Å². The number of hydrogen-bond acceptors (Lipinski definition) is 5. The van der Waals surface area contributed by atoms with Crippen LogP contribution in [0.25, 0.3) is 11.4 Å². The topological polar surface area (TPSA) is 102 Å². The lowest BCUT2D eigenvalue weighted by Crippen LogP contribution is -2.19. The third-order valence-corrected chi connectivity index (χ3v) is 3.39. The summed E-state index contributed by atoms with van der Waals surface area (Å²) in [4.78, 5) is 26.9. The molecular formula is C18H23ClN2O5. The van der Waals surface area contributed by atoms with Crippen molar-refractivity contribution in [3.8, 4) is 22.9 Å². The molecule has 3 heterocycles. The van der Waals surface area contributed by atoms with Gasteiger partial charge >= 0.3 is 5.97 Å². The Labute approximate surface area is 156 Å². The van der Waals surface area contributed by atoms with Gasteiger partial charge in [-0.1, -0.05) is 45.7 Å². The number of hydrogen-bond donors (Lipinski definition) is 2. The lowest BCUT2D eigenvalue weighted by Gasteiger charge is -2.10. The van der Waals surface area contributed by atoms with E-state index in [-0.39, 0.29) is 34.5 Å². The van der Waals surface area contributed by atoms with E-state index in [0.717, 1.165) is 0 Å². The summed E-state index contributed by atoms with van der Waals surface area (Å²) in [7, 11) is 0. The summed E-state index contributed by atoms with van der Waals surface area (Å²) >= 11 is 5.79. The second kappa shape index (κ2) is 9.82. The number of halogens is 1. The quantitative estimate of drug-likeness (QED) is 0.727. The van der Waals surface area contributed by atoms with Crippen LogP contribution in [0.3, 0.4) is 0 Å². The fourth-order valence-electron chi connectivity index (χ4n) is 2.13. The summed E-state index contributed by atoms with van der Waals surface area (Å²) in [5.41, 5.74) is -0.289. The van der Waals surface area contributed by atoms with E-state index in [1.807, 2.05) is 13.8 Å². The second-order valence-electron chi connectivity index (χ2n) is 5.14. The van der Waals surface area contributed by atoms with Gasteiger partial charge in [0, 0.05) is 18.3 Å². The van der Waals surface area contributed by atoms with Gasteiger partial charge in [-0.15, -0.1) is 0 Å². The summed E-state index contributed by atoms with van der Waals surface area (Å²) in [5.74, 6) is -1.24. The first kappa shape index (κ1) is 21.5. The number of fused-ring (bicyclic) bond motifs is 3. The third kappa shape index (κ3) is 4.76. The Bertz CT molecular complexity index is 833. The number of nitrogens with zero attached hydrogens (tertiary/aromatic N) is 2. The van der Waals surface area contributed by atoms with Crippen LogP contribution in [-0.4, -0.2) is 32.3 Å². The van der Waals surface area contributed by atoms with Crippen LogP contribution in [0.15, 0.2) is 23.1 Å². The highest BCUT2D eigenvalue weighted by Crippen LogP contribution is 2.36. The van der Waals surface area contributed by atoms with Crippen LogP contribution in [0.2, 0.25) is 5.15 Å². The van der Waals surface area contributed by atoms with E-state index in [1.54, 1.807) is 4.57 Å². The molecule has 8 heteroatoms. The van der Waals surface area contributed by atoms with Crippen molar-refractivity contribution in [2.75, 3.05) is 6.61 Å². The number of rotatable bonds is 1. The van der Waals surface area contributed by atoms with Crippen molar-refractivity contribution in [2.24, 2.45) is 0 Å². The van der Waals surface area contributed by atoms with Gasteiger partial charge in [0.05, 0.1) is 12.2 Å². The Hall–Kier alpha value is -2.54. The van der Waals surface area contributed by atoms with E-state index in [0.29, 0.717) is 12.2 Å². The van der Waals surface area contributed by atoms with Gasteiger partial charge in [-0.3, -0.25) is 4.79 Å². The minimum absolute atomic E-state index is 0.124. The average Bonchev–Trinajstić information content (AvgIpc) is 2.76. The zero-order chi connectivity index (χ0) is 19.9. The van der Waals surface area contributed by atoms with E-state index in [1.165, 1.54) is 24.8 Å². The first-order valence-electron chi connectivity index (χ1n) is 8.39. The van der Waals surface area contributed by atoms with Gasteiger partial charge in [-0.2, -0.15) is 0 Å². The molecule has 0 radical (unpaired) electrons. The molecule has 0 spiro atoms.